The number of pyridine rings is 1. The summed E-state index contributed by atoms with van der Waals surface area (Å²) in [5.41, 5.74) is 3.72. The number of aromatic nitrogens is 3. The molecule has 1 fully saturated rings. The van der Waals surface area contributed by atoms with Gasteiger partial charge in [-0.05, 0) is 37.5 Å². The molecule has 1 amide bonds. The van der Waals surface area contributed by atoms with Gasteiger partial charge in [0.05, 0.1) is 31.5 Å². The van der Waals surface area contributed by atoms with Crippen molar-refractivity contribution in [2.45, 2.75) is 38.0 Å². The van der Waals surface area contributed by atoms with E-state index in [1.165, 1.54) is 10.9 Å². The standard InChI is InChI=1S/C21H24N6O3/c1-22-15-9-18-24-13-6-7-16(29-2)12(8-13)10-30-17-5-3-4-14(17)25-21(28)27-11-23-19(15)20(27)26-18/h6-9,11,14,17H,3-5,10H2,1-2H3,(H,25,28)(H2,22,24,26)/t14-,17-/m1/s1. The third-order valence-electron chi connectivity index (χ3n) is 5.76. The molecule has 2 aromatic heterocycles. The Morgan fingerprint density at radius 1 is 1.30 bits per heavy atom. The normalized spacial score (nSPS) is 20.9. The van der Waals surface area contributed by atoms with Gasteiger partial charge < -0.3 is 25.4 Å². The van der Waals surface area contributed by atoms with Gasteiger partial charge in [-0.15, -0.1) is 0 Å². The van der Waals surface area contributed by atoms with Crippen LogP contribution in [0, 0.1) is 0 Å². The van der Waals surface area contributed by atoms with Crippen LogP contribution in [0.15, 0.2) is 30.6 Å². The van der Waals surface area contributed by atoms with E-state index in [-0.39, 0.29) is 18.2 Å². The molecular weight excluding hydrogens is 384 g/mol. The van der Waals surface area contributed by atoms with Gasteiger partial charge in [0.1, 0.15) is 23.4 Å². The van der Waals surface area contributed by atoms with Gasteiger partial charge >= 0.3 is 6.03 Å². The van der Waals surface area contributed by atoms with Crippen molar-refractivity contribution in [1.82, 2.24) is 19.9 Å². The number of hydrogen-bond acceptors (Lipinski definition) is 7. The molecule has 9 heteroatoms. The van der Waals surface area contributed by atoms with Gasteiger partial charge in [0, 0.05) is 24.4 Å². The van der Waals surface area contributed by atoms with Crippen LogP contribution in [0.25, 0.3) is 11.2 Å². The Bertz CT molecular complexity index is 1110. The second-order valence-corrected chi connectivity index (χ2v) is 7.58. The Morgan fingerprint density at radius 2 is 2.20 bits per heavy atom. The predicted molar refractivity (Wildman–Crippen MR) is 113 cm³/mol. The van der Waals surface area contributed by atoms with E-state index < -0.39 is 0 Å². The first kappa shape index (κ1) is 18.7. The van der Waals surface area contributed by atoms with Crippen LogP contribution in [-0.2, 0) is 11.3 Å². The minimum Gasteiger partial charge on any atom is -0.496 e. The number of nitrogens with one attached hydrogen (secondary N) is 3. The van der Waals surface area contributed by atoms with Crippen molar-refractivity contribution in [3.63, 3.8) is 0 Å². The average molecular weight is 408 g/mol. The van der Waals surface area contributed by atoms with E-state index in [1.54, 1.807) is 7.11 Å². The number of methoxy groups -OCH3 is 1. The zero-order valence-corrected chi connectivity index (χ0v) is 16.9. The van der Waals surface area contributed by atoms with Gasteiger partial charge in [0.15, 0.2) is 5.65 Å². The van der Waals surface area contributed by atoms with Crippen LogP contribution in [-0.4, -0.2) is 46.9 Å². The quantitative estimate of drug-likeness (QED) is 0.598. The molecule has 3 heterocycles. The van der Waals surface area contributed by atoms with Crippen molar-refractivity contribution in [2.75, 3.05) is 24.8 Å². The summed E-state index contributed by atoms with van der Waals surface area (Å²) >= 11 is 0. The molecule has 1 aromatic carbocycles. The second kappa shape index (κ2) is 7.49. The summed E-state index contributed by atoms with van der Waals surface area (Å²) in [7, 11) is 3.47. The molecule has 1 aliphatic carbocycles. The summed E-state index contributed by atoms with van der Waals surface area (Å²) in [5.74, 6) is 1.37. The van der Waals surface area contributed by atoms with Crippen molar-refractivity contribution >= 4 is 34.4 Å². The van der Waals surface area contributed by atoms with Crippen LogP contribution in [0.3, 0.4) is 0 Å². The first-order valence-electron chi connectivity index (χ1n) is 10.1. The van der Waals surface area contributed by atoms with E-state index in [0.29, 0.717) is 23.6 Å². The molecule has 0 spiro atoms. The number of amides is 1. The first-order valence-corrected chi connectivity index (χ1v) is 10.1. The molecule has 30 heavy (non-hydrogen) atoms. The zero-order chi connectivity index (χ0) is 20.7. The van der Waals surface area contributed by atoms with E-state index in [9.17, 15) is 4.79 Å². The molecule has 3 N–H and O–H groups in total. The number of carbonyl (C=O) groups is 1. The molecule has 2 aliphatic rings. The van der Waals surface area contributed by atoms with E-state index in [1.807, 2.05) is 31.3 Å². The van der Waals surface area contributed by atoms with Crippen LogP contribution in [0.2, 0.25) is 0 Å². The summed E-state index contributed by atoms with van der Waals surface area (Å²) in [5, 5.41) is 9.57. The maximum Gasteiger partial charge on any atom is 0.328 e. The van der Waals surface area contributed by atoms with Gasteiger partial charge in [-0.1, -0.05) is 0 Å². The Balaban J connectivity index is 1.65. The van der Waals surface area contributed by atoms with Gasteiger partial charge in [0.2, 0.25) is 0 Å². The minimum atomic E-state index is -0.252. The van der Waals surface area contributed by atoms with Gasteiger partial charge in [0.25, 0.3) is 0 Å². The topological polar surface area (TPSA) is 102 Å². The number of carbonyl (C=O) groups excluding carboxylic acids is 1. The number of fused-ring (bicyclic) bond motifs is 4. The third kappa shape index (κ3) is 3.21. The highest BCUT2D eigenvalue weighted by atomic mass is 16.5. The number of benzene rings is 1. The highest BCUT2D eigenvalue weighted by Gasteiger charge is 2.31. The molecule has 4 bridgehead atoms. The smallest absolute Gasteiger partial charge is 0.328 e. The van der Waals surface area contributed by atoms with Crippen LogP contribution < -0.4 is 20.7 Å². The van der Waals surface area contributed by atoms with Crippen molar-refractivity contribution in [3.05, 3.63) is 36.2 Å². The van der Waals surface area contributed by atoms with Crippen LogP contribution in [0.5, 0.6) is 5.75 Å². The van der Waals surface area contributed by atoms with Crippen molar-refractivity contribution in [3.8, 4) is 5.75 Å². The molecule has 0 radical (unpaired) electrons. The van der Waals surface area contributed by atoms with Crippen LogP contribution in [0.1, 0.15) is 24.8 Å². The molecule has 1 aliphatic heterocycles. The van der Waals surface area contributed by atoms with Crippen LogP contribution >= 0.6 is 0 Å². The van der Waals surface area contributed by atoms with Crippen molar-refractivity contribution < 1.29 is 14.3 Å². The van der Waals surface area contributed by atoms with E-state index in [4.69, 9.17) is 9.47 Å². The minimum absolute atomic E-state index is 0.0515. The van der Waals surface area contributed by atoms with Gasteiger partial charge in [-0.25, -0.2) is 19.3 Å². The first-order chi connectivity index (χ1) is 14.7. The monoisotopic (exact) mass is 408 g/mol. The highest BCUT2D eigenvalue weighted by Crippen LogP contribution is 2.31. The fraction of sp³-hybridized carbons (Fsp3) is 0.381. The fourth-order valence-electron chi connectivity index (χ4n) is 4.23. The van der Waals surface area contributed by atoms with E-state index >= 15 is 0 Å². The van der Waals surface area contributed by atoms with Crippen molar-refractivity contribution in [1.29, 1.82) is 0 Å². The number of nitrogens with zero attached hydrogens (tertiary/aromatic N) is 3. The molecule has 156 valence electrons. The van der Waals surface area contributed by atoms with Crippen molar-refractivity contribution in [2.24, 2.45) is 0 Å². The number of rotatable bonds is 2. The lowest BCUT2D eigenvalue weighted by Crippen LogP contribution is -2.43. The third-order valence-corrected chi connectivity index (χ3v) is 5.76. The molecule has 1 saturated carbocycles. The predicted octanol–water partition coefficient (Wildman–Crippen LogP) is 3.23. The fourth-order valence-corrected chi connectivity index (χ4v) is 4.23. The number of imidazole rings is 1. The molecule has 9 nitrogen and oxygen atoms in total. The summed E-state index contributed by atoms with van der Waals surface area (Å²) in [6.07, 6.45) is 4.25. The lowest BCUT2D eigenvalue weighted by atomic mass is 10.1. The lowest BCUT2D eigenvalue weighted by Gasteiger charge is -2.23. The van der Waals surface area contributed by atoms with E-state index in [0.717, 1.165) is 42.0 Å². The van der Waals surface area contributed by atoms with Gasteiger partial charge in [-0.2, -0.15) is 0 Å². The Labute approximate surface area is 173 Å². The Morgan fingerprint density at radius 3 is 3.03 bits per heavy atom. The molecule has 5 rings (SSSR count). The summed E-state index contributed by atoms with van der Waals surface area (Å²) < 4.78 is 13.2. The molecule has 0 saturated heterocycles. The SMILES string of the molecule is CNc1cc2nc3c1ncn3C(=O)N[C@@H]1CCC[C@H]1OCc1cc(ccc1OC)N2. The summed E-state index contributed by atoms with van der Waals surface area (Å²) in [6.45, 7) is 0.403. The average Bonchev–Trinajstić information content (AvgIpc) is 3.38. The molecule has 2 atom stereocenters. The lowest BCUT2D eigenvalue weighted by molar-refractivity contribution is 0.0292. The highest BCUT2D eigenvalue weighted by molar-refractivity contribution is 5.94. The Kier molecular flexibility index (Phi) is 4.66. The Hall–Kier alpha value is -3.33. The van der Waals surface area contributed by atoms with E-state index in [2.05, 4.69) is 25.9 Å². The largest absolute Gasteiger partial charge is 0.496 e. The number of anilines is 3. The van der Waals surface area contributed by atoms with Gasteiger partial charge in [-0.3, -0.25) is 0 Å². The summed E-state index contributed by atoms with van der Waals surface area (Å²) in [4.78, 5) is 22.1. The maximum atomic E-state index is 13.0. The van der Waals surface area contributed by atoms with Crippen LogP contribution in [0.4, 0.5) is 22.0 Å². The molecular formula is C21H24N6O3. The number of hydrogen-bond donors (Lipinski definition) is 3. The second-order valence-electron chi connectivity index (χ2n) is 7.58. The molecule has 3 aromatic rings. The maximum absolute atomic E-state index is 13.0. The summed E-state index contributed by atoms with van der Waals surface area (Å²) in [6, 6.07) is 7.42. The number of ether oxygens (including phenoxy) is 2. The zero-order valence-electron chi connectivity index (χ0n) is 16.9. The molecule has 0 unspecified atom stereocenters.